The number of carbonyl (C=O) groups excluding carboxylic acids is 1. The summed E-state index contributed by atoms with van der Waals surface area (Å²) in [5, 5.41) is 4.72. The van der Waals surface area contributed by atoms with Crippen LogP contribution in [0.2, 0.25) is 0 Å². The molecule has 4 rings (SSSR count). The van der Waals surface area contributed by atoms with Gasteiger partial charge in [-0.3, -0.25) is 14.2 Å². The first kappa shape index (κ1) is 22.2. The van der Waals surface area contributed by atoms with Gasteiger partial charge in [0.25, 0.3) is 5.56 Å². The number of amides is 1. The highest BCUT2D eigenvalue weighted by Gasteiger charge is 2.21. The Morgan fingerprint density at radius 3 is 2.75 bits per heavy atom. The molecule has 0 fully saturated rings. The van der Waals surface area contributed by atoms with Gasteiger partial charge in [-0.15, -0.1) is 11.3 Å². The lowest BCUT2D eigenvalue weighted by Gasteiger charge is -2.17. The van der Waals surface area contributed by atoms with Gasteiger partial charge in [0.1, 0.15) is 11.6 Å². The molecule has 164 valence electrons. The van der Waals surface area contributed by atoms with E-state index in [9.17, 15) is 18.4 Å². The number of thiophene rings is 1. The van der Waals surface area contributed by atoms with Gasteiger partial charge in [-0.25, -0.2) is 13.8 Å². The Balaban J connectivity index is 1.64. The zero-order valence-electron chi connectivity index (χ0n) is 17.0. The average molecular weight is 472 g/mol. The summed E-state index contributed by atoms with van der Waals surface area (Å²) >= 11 is 2.67. The molecule has 2 heterocycles. The molecule has 2 aromatic heterocycles. The summed E-state index contributed by atoms with van der Waals surface area (Å²) in [5.41, 5.74) is -0.180. The Bertz CT molecular complexity index is 1320. The van der Waals surface area contributed by atoms with Crippen LogP contribution in [0.5, 0.6) is 0 Å². The minimum absolute atomic E-state index is 0.123. The fraction of sp³-hybridized carbons (Fsp3) is 0.174. The molecule has 0 saturated carbocycles. The molecule has 0 aliphatic rings. The normalized spacial score (nSPS) is 12.1. The van der Waals surface area contributed by atoms with E-state index in [1.165, 1.54) is 10.9 Å². The second-order valence-corrected chi connectivity index (χ2v) is 9.37. The first-order valence-corrected chi connectivity index (χ1v) is 11.6. The van der Waals surface area contributed by atoms with Crippen molar-refractivity contribution in [2.45, 2.75) is 23.8 Å². The van der Waals surface area contributed by atoms with Crippen LogP contribution >= 0.6 is 23.1 Å². The van der Waals surface area contributed by atoms with Crippen molar-refractivity contribution in [2.75, 3.05) is 6.54 Å². The number of aromatic nitrogens is 2. The maximum atomic E-state index is 14.6. The van der Waals surface area contributed by atoms with Crippen LogP contribution in [0.15, 0.2) is 69.9 Å². The second-order valence-electron chi connectivity index (χ2n) is 7.03. The maximum Gasteiger partial charge on any atom is 0.266 e. The van der Waals surface area contributed by atoms with E-state index in [0.717, 1.165) is 28.8 Å². The third-order valence-electron chi connectivity index (χ3n) is 4.80. The second kappa shape index (κ2) is 9.62. The Kier molecular flexibility index (Phi) is 6.66. The van der Waals surface area contributed by atoms with Crippen LogP contribution < -0.4 is 10.9 Å². The van der Waals surface area contributed by atoms with Crippen LogP contribution in [0.1, 0.15) is 11.8 Å². The minimum atomic E-state index is -0.890. The van der Waals surface area contributed by atoms with E-state index in [1.807, 2.05) is 17.5 Å². The highest BCUT2D eigenvalue weighted by atomic mass is 32.2. The molecule has 0 aliphatic heterocycles. The standard InChI is InChI=1S/C23H19F2N3O2S2/c1-14(21(29)26-11-10-16-5-4-12-31-16)32-23-27-19-7-3-2-6-17(19)22(30)28(23)20-9-8-15(24)13-18(20)25/h2-9,12-14H,10-11H2,1H3,(H,26,29). The largest absolute Gasteiger partial charge is 0.355 e. The molecule has 0 aliphatic carbocycles. The molecule has 4 aromatic rings. The maximum absolute atomic E-state index is 14.6. The van der Waals surface area contributed by atoms with E-state index in [1.54, 1.807) is 42.5 Å². The summed E-state index contributed by atoms with van der Waals surface area (Å²) in [6, 6.07) is 13.7. The third kappa shape index (κ3) is 4.73. The first-order chi connectivity index (χ1) is 15.4. The predicted octanol–water partition coefficient (Wildman–Crippen LogP) is 4.56. The summed E-state index contributed by atoms with van der Waals surface area (Å²) < 4.78 is 29.1. The van der Waals surface area contributed by atoms with Gasteiger partial charge in [-0.2, -0.15) is 0 Å². The summed E-state index contributed by atoms with van der Waals surface area (Å²) in [7, 11) is 0. The summed E-state index contributed by atoms with van der Waals surface area (Å²) in [6.07, 6.45) is 0.723. The van der Waals surface area contributed by atoms with Crippen LogP contribution in [0.25, 0.3) is 16.6 Å². The number of thioether (sulfide) groups is 1. The molecule has 5 nitrogen and oxygen atoms in total. The fourth-order valence-corrected chi connectivity index (χ4v) is 4.84. The van der Waals surface area contributed by atoms with Crippen LogP contribution in [0.4, 0.5) is 8.78 Å². The van der Waals surface area contributed by atoms with Crippen molar-refractivity contribution in [3.63, 3.8) is 0 Å². The molecule has 32 heavy (non-hydrogen) atoms. The smallest absolute Gasteiger partial charge is 0.266 e. The molecule has 0 bridgehead atoms. The van der Waals surface area contributed by atoms with E-state index < -0.39 is 22.4 Å². The first-order valence-electron chi connectivity index (χ1n) is 9.88. The molecule has 0 spiro atoms. The number of nitrogens with one attached hydrogen (secondary N) is 1. The van der Waals surface area contributed by atoms with Gasteiger partial charge in [0.05, 0.1) is 21.8 Å². The average Bonchev–Trinajstić information content (AvgIpc) is 3.28. The summed E-state index contributed by atoms with van der Waals surface area (Å²) in [6.45, 7) is 2.17. The zero-order chi connectivity index (χ0) is 22.7. The Hall–Kier alpha value is -3.04. The van der Waals surface area contributed by atoms with Gasteiger partial charge in [0, 0.05) is 17.5 Å². The fourth-order valence-electron chi connectivity index (χ4n) is 3.19. The lowest BCUT2D eigenvalue weighted by atomic mass is 10.2. The lowest BCUT2D eigenvalue weighted by molar-refractivity contribution is -0.120. The quantitative estimate of drug-likeness (QED) is 0.317. The zero-order valence-corrected chi connectivity index (χ0v) is 18.7. The van der Waals surface area contributed by atoms with Gasteiger partial charge < -0.3 is 5.32 Å². The van der Waals surface area contributed by atoms with Gasteiger partial charge in [-0.05, 0) is 49.1 Å². The highest BCUT2D eigenvalue weighted by molar-refractivity contribution is 8.00. The topological polar surface area (TPSA) is 64.0 Å². The number of hydrogen-bond acceptors (Lipinski definition) is 5. The van der Waals surface area contributed by atoms with E-state index in [4.69, 9.17) is 0 Å². The van der Waals surface area contributed by atoms with Crippen LogP contribution in [-0.2, 0) is 11.2 Å². The van der Waals surface area contributed by atoms with Crippen molar-refractivity contribution in [2.24, 2.45) is 0 Å². The molecule has 1 unspecified atom stereocenters. The van der Waals surface area contributed by atoms with Crippen molar-refractivity contribution in [1.29, 1.82) is 0 Å². The van der Waals surface area contributed by atoms with E-state index in [0.29, 0.717) is 23.5 Å². The van der Waals surface area contributed by atoms with Crippen molar-refractivity contribution in [3.05, 3.63) is 86.8 Å². The molecular weight excluding hydrogens is 452 g/mol. The predicted molar refractivity (Wildman–Crippen MR) is 124 cm³/mol. The van der Waals surface area contributed by atoms with Gasteiger partial charge >= 0.3 is 0 Å². The lowest BCUT2D eigenvalue weighted by Crippen LogP contribution is -2.33. The molecule has 9 heteroatoms. The number of para-hydroxylation sites is 1. The van der Waals surface area contributed by atoms with Crippen molar-refractivity contribution in [3.8, 4) is 5.69 Å². The SMILES string of the molecule is CC(Sc1nc2ccccc2c(=O)n1-c1ccc(F)cc1F)C(=O)NCCc1cccs1. The number of fused-ring (bicyclic) bond motifs is 1. The molecule has 1 amide bonds. The van der Waals surface area contributed by atoms with Gasteiger partial charge in [-0.1, -0.05) is 30.0 Å². The number of nitrogens with zero attached hydrogens (tertiary/aromatic N) is 2. The number of carbonyl (C=O) groups is 1. The van der Waals surface area contributed by atoms with Crippen molar-refractivity contribution >= 4 is 39.9 Å². The highest BCUT2D eigenvalue weighted by Crippen LogP contribution is 2.26. The van der Waals surface area contributed by atoms with Crippen LogP contribution in [0.3, 0.4) is 0 Å². The van der Waals surface area contributed by atoms with E-state index in [-0.39, 0.29) is 16.8 Å². The Labute approximate surface area is 191 Å². The number of benzene rings is 2. The van der Waals surface area contributed by atoms with Crippen LogP contribution in [-0.4, -0.2) is 27.3 Å². The minimum Gasteiger partial charge on any atom is -0.355 e. The monoisotopic (exact) mass is 471 g/mol. The van der Waals surface area contributed by atoms with Gasteiger partial charge in [0.2, 0.25) is 5.91 Å². The Morgan fingerprint density at radius 1 is 1.19 bits per heavy atom. The van der Waals surface area contributed by atoms with E-state index >= 15 is 0 Å². The summed E-state index contributed by atoms with van der Waals surface area (Å²) in [4.78, 5) is 31.5. The molecule has 1 atom stereocenters. The molecule has 0 saturated heterocycles. The third-order valence-corrected chi connectivity index (χ3v) is 6.79. The molecule has 2 aromatic carbocycles. The molecule has 0 radical (unpaired) electrons. The van der Waals surface area contributed by atoms with Crippen molar-refractivity contribution < 1.29 is 13.6 Å². The molecule has 1 N–H and O–H groups in total. The number of halogens is 2. The molecular formula is C23H19F2N3O2S2. The Morgan fingerprint density at radius 2 is 2.00 bits per heavy atom. The number of hydrogen-bond donors (Lipinski definition) is 1. The summed E-state index contributed by atoms with van der Waals surface area (Å²) in [5.74, 6) is -1.86. The van der Waals surface area contributed by atoms with Gasteiger partial charge in [0.15, 0.2) is 5.16 Å². The van der Waals surface area contributed by atoms with Crippen LogP contribution in [0, 0.1) is 11.6 Å². The van der Waals surface area contributed by atoms with E-state index in [2.05, 4.69) is 10.3 Å². The number of rotatable bonds is 7. The van der Waals surface area contributed by atoms with Crippen molar-refractivity contribution in [1.82, 2.24) is 14.9 Å².